The van der Waals surface area contributed by atoms with Crippen LogP contribution < -0.4 is 14.8 Å². The Morgan fingerprint density at radius 3 is 2.34 bits per heavy atom. The molecule has 3 rings (SSSR count). The zero-order valence-corrected chi connectivity index (χ0v) is 17.0. The number of hydrogen-bond acceptors (Lipinski definition) is 5. The van der Waals surface area contributed by atoms with E-state index in [1.54, 1.807) is 20.3 Å². The third-order valence-corrected chi connectivity index (χ3v) is 5.14. The lowest BCUT2D eigenvalue weighted by atomic mass is 10.1. The van der Waals surface area contributed by atoms with Gasteiger partial charge in [0.1, 0.15) is 17.3 Å². The van der Waals surface area contributed by atoms with Crippen LogP contribution in [-0.2, 0) is 17.9 Å². The molecule has 0 saturated carbocycles. The van der Waals surface area contributed by atoms with Crippen LogP contribution in [0.5, 0.6) is 11.5 Å². The lowest BCUT2D eigenvalue weighted by Crippen LogP contribution is -2.49. The van der Waals surface area contributed by atoms with Gasteiger partial charge in [0, 0.05) is 50.4 Å². The molecule has 1 saturated heterocycles. The highest BCUT2D eigenvalue weighted by Crippen LogP contribution is 2.21. The standard InChI is InChI=1S/C22H28FN3O3/c1-28-20-6-4-3-5-17(20)14-24-22(27)16-26-11-9-25(10-12-26)15-18-13-19(23)7-8-21(18)29-2/h3-8,13H,9-12,14-16H2,1-2H3,(H,24,27). The van der Waals surface area contributed by atoms with Gasteiger partial charge in [-0.25, -0.2) is 4.39 Å². The Bertz CT molecular complexity index is 823. The number of carbonyl (C=O) groups is 1. The first-order valence-electron chi connectivity index (χ1n) is 9.74. The van der Waals surface area contributed by atoms with Crippen molar-refractivity contribution in [1.29, 1.82) is 0 Å². The second-order valence-corrected chi connectivity index (χ2v) is 7.10. The smallest absolute Gasteiger partial charge is 0.234 e. The molecule has 1 aliphatic heterocycles. The topological polar surface area (TPSA) is 54.0 Å². The van der Waals surface area contributed by atoms with Gasteiger partial charge in [-0.05, 0) is 24.3 Å². The van der Waals surface area contributed by atoms with Gasteiger partial charge in [0.15, 0.2) is 0 Å². The van der Waals surface area contributed by atoms with Crippen molar-refractivity contribution < 1.29 is 18.7 Å². The van der Waals surface area contributed by atoms with Crippen LogP contribution in [0.3, 0.4) is 0 Å². The summed E-state index contributed by atoms with van der Waals surface area (Å²) < 4.78 is 24.2. The maximum absolute atomic E-state index is 13.6. The lowest BCUT2D eigenvalue weighted by molar-refractivity contribution is -0.122. The predicted molar refractivity (Wildman–Crippen MR) is 110 cm³/mol. The number of carbonyl (C=O) groups excluding carboxylic acids is 1. The number of hydrogen-bond donors (Lipinski definition) is 1. The molecule has 0 aromatic heterocycles. The van der Waals surface area contributed by atoms with Crippen molar-refractivity contribution >= 4 is 5.91 Å². The van der Waals surface area contributed by atoms with E-state index < -0.39 is 0 Å². The predicted octanol–water partition coefficient (Wildman–Crippen LogP) is 2.28. The Kier molecular flexibility index (Phi) is 7.43. The molecule has 156 valence electrons. The summed E-state index contributed by atoms with van der Waals surface area (Å²) in [4.78, 5) is 16.7. The van der Waals surface area contributed by atoms with Gasteiger partial charge < -0.3 is 14.8 Å². The lowest BCUT2D eigenvalue weighted by Gasteiger charge is -2.34. The van der Waals surface area contributed by atoms with Crippen molar-refractivity contribution in [1.82, 2.24) is 15.1 Å². The normalized spacial score (nSPS) is 15.1. The Morgan fingerprint density at radius 2 is 1.62 bits per heavy atom. The summed E-state index contributed by atoms with van der Waals surface area (Å²) in [6, 6.07) is 12.3. The average molecular weight is 401 g/mol. The summed E-state index contributed by atoms with van der Waals surface area (Å²) in [7, 11) is 3.22. The molecule has 29 heavy (non-hydrogen) atoms. The van der Waals surface area contributed by atoms with E-state index in [2.05, 4.69) is 15.1 Å². The summed E-state index contributed by atoms with van der Waals surface area (Å²) >= 11 is 0. The molecule has 0 spiro atoms. The minimum atomic E-state index is -0.258. The Hall–Kier alpha value is -2.64. The first-order chi connectivity index (χ1) is 14.1. The molecule has 1 N–H and O–H groups in total. The summed E-state index contributed by atoms with van der Waals surface area (Å²) in [5.41, 5.74) is 1.80. The van der Waals surface area contributed by atoms with Crippen LogP contribution in [0.4, 0.5) is 4.39 Å². The van der Waals surface area contributed by atoms with Gasteiger partial charge in [0.25, 0.3) is 0 Å². The van der Waals surface area contributed by atoms with Crippen molar-refractivity contribution in [2.45, 2.75) is 13.1 Å². The molecule has 1 amide bonds. The molecule has 0 aliphatic carbocycles. The number of methoxy groups -OCH3 is 2. The number of halogens is 1. The fourth-order valence-electron chi connectivity index (χ4n) is 3.52. The first kappa shape index (κ1) is 21.1. The quantitative estimate of drug-likeness (QED) is 0.736. The zero-order chi connectivity index (χ0) is 20.6. The van der Waals surface area contributed by atoms with Crippen molar-refractivity contribution in [2.24, 2.45) is 0 Å². The Morgan fingerprint density at radius 1 is 0.966 bits per heavy atom. The van der Waals surface area contributed by atoms with Gasteiger partial charge in [0.05, 0.1) is 20.8 Å². The van der Waals surface area contributed by atoms with Crippen molar-refractivity contribution in [3.63, 3.8) is 0 Å². The minimum absolute atomic E-state index is 0.00356. The minimum Gasteiger partial charge on any atom is -0.496 e. The molecule has 2 aromatic rings. The number of para-hydroxylation sites is 1. The van der Waals surface area contributed by atoms with E-state index in [0.717, 1.165) is 43.1 Å². The number of nitrogens with one attached hydrogen (secondary N) is 1. The summed E-state index contributed by atoms with van der Waals surface area (Å²) in [5.74, 6) is 1.21. The first-order valence-corrected chi connectivity index (χ1v) is 9.74. The maximum atomic E-state index is 13.6. The summed E-state index contributed by atoms with van der Waals surface area (Å²) in [5, 5.41) is 2.96. The number of piperazine rings is 1. The highest BCUT2D eigenvalue weighted by Gasteiger charge is 2.20. The molecule has 2 aromatic carbocycles. The molecule has 1 aliphatic rings. The van der Waals surface area contributed by atoms with Gasteiger partial charge in [-0.15, -0.1) is 0 Å². The largest absolute Gasteiger partial charge is 0.496 e. The van der Waals surface area contributed by atoms with Crippen LogP contribution in [0.25, 0.3) is 0 Å². The van der Waals surface area contributed by atoms with Gasteiger partial charge in [-0.1, -0.05) is 18.2 Å². The summed E-state index contributed by atoms with van der Waals surface area (Å²) in [6.07, 6.45) is 0. The van der Waals surface area contributed by atoms with E-state index in [9.17, 15) is 9.18 Å². The van der Waals surface area contributed by atoms with Crippen molar-refractivity contribution in [3.05, 3.63) is 59.4 Å². The molecule has 0 radical (unpaired) electrons. The van der Waals surface area contributed by atoms with Crippen molar-refractivity contribution in [3.8, 4) is 11.5 Å². The van der Waals surface area contributed by atoms with E-state index in [0.29, 0.717) is 25.4 Å². The third kappa shape index (κ3) is 5.92. The molecule has 1 heterocycles. The van der Waals surface area contributed by atoms with Gasteiger partial charge >= 0.3 is 0 Å². The Balaban J connectivity index is 1.44. The SMILES string of the molecule is COc1ccccc1CNC(=O)CN1CCN(Cc2cc(F)ccc2OC)CC1. The highest BCUT2D eigenvalue weighted by molar-refractivity contribution is 5.78. The van der Waals surface area contributed by atoms with Crippen LogP contribution in [0.1, 0.15) is 11.1 Å². The number of amides is 1. The fourth-order valence-corrected chi connectivity index (χ4v) is 3.52. The van der Waals surface area contributed by atoms with Crippen LogP contribution in [-0.4, -0.2) is 62.7 Å². The van der Waals surface area contributed by atoms with Crippen molar-refractivity contribution in [2.75, 3.05) is 46.9 Å². The van der Waals surface area contributed by atoms with Gasteiger partial charge in [-0.2, -0.15) is 0 Å². The Labute approximate surface area is 171 Å². The van der Waals surface area contributed by atoms with Crippen LogP contribution >= 0.6 is 0 Å². The number of rotatable bonds is 8. The molecule has 0 bridgehead atoms. The maximum Gasteiger partial charge on any atom is 0.234 e. The molecule has 6 nitrogen and oxygen atoms in total. The molecule has 0 unspecified atom stereocenters. The number of nitrogens with zero attached hydrogens (tertiary/aromatic N) is 2. The molecule has 1 fully saturated rings. The summed E-state index contributed by atoms with van der Waals surface area (Å²) in [6.45, 7) is 4.67. The van der Waals surface area contributed by atoms with E-state index in [1.165, 1.54) is 12.1 Å². The second kappa shape index (κ2) is 10.2. The van der Waals surface area contributed by atoms with E-state index >= 15 is 0 Å². The van der Waals surface area contributed by atoms with E-state index in [1.807, 2.05) is 24.3 Å². The fraction of sp³-hybridized carbons (Fsp3) is 0.409. The molecular weight excluding hydrogens is 373 g/mol. The molecule has 0 atom stereocenters. The van der Waals surface area contributed by atoms with E-state index in [4.69, 9.17) is 9.47 Å². The van der Waals surface area contributed by atoms with Crippen LogP contribution in [0.2, 0.25) is 0 Å². The number of ether oxygens (including phenoxy) is 2. The van der Waals surface area contributed by atoms with Crippen LogP contribution in [0, 0.1) is 5.82 Å². The average Bonchev–Trinajstić information content (AvgIpc) is 2.74. The monoisotopic (exact) mass is 401 g/mol. The zero-order valence-electron chi connectivity index (χ0n) is 17.0. The third-order valence-electron chi connectivity index (χ3n) is 5.14. The molecular formula is C22H28FN3O3. The van der Waals surface area contributed by atoms with Gasteiger partial charge in [-0.3, -0.25) is 14.6 Å². The molecule has 7 heteroatoms. The van der Waals surface area contributed by atoms with E-state index in [-0.39, 0.29) is 11.7 Å². The number of benzene rings is 2. The van der Waals surface area contributed by atoms with Crippen LogP contribution in [0.15, 0.2) is 42.5 Å². The highest BCUT2D eigenvalue weighted by atomic mass is 19.1. The second-order valence-electron chi connectivity index (χ2n) is 7.10. The van der Waals surface area contributed by atoms with Gasteiger partial charge in [0.2, 0.25) is 5.91 Å².